The molecule has 3 nitrogen and oxygen atoms in total. The standard InChI is InChI=1S/C15H25N3S/c1-4-15(5-2,19-3)10-16-14-12-8-6-7-9-13(12)17-11-18-14/h11H,4-10H2,1-3H3,(H,16,17,18). The summed E-state index contributed by atoms with van der Waals surface area (Å²) >= 11 is 1.97. The third-order valence-electron chi connectivity index (χ3n) is 4.42. The zero-order valence-corrected chi connectivity index (χ0v) is 13.1. The van der Waals surface area contributed by atoms with Crippen molar-refractivity contribution >= 4 is 17.6 Å². The molecule has 0 spiro atoms. The minimum Gasteiger partial charge on any atom is -0.368 e. The molecule has 1 aromatic rings. The van der Waals surface area contributed by atoms with Gasteiger partial charge in [-0.05, 0) is 44.8 Å². The van der Waals surface area contributed by atoms with Gasteiger partial charge in [-0.15, -0.1) is 0 Å². The van der Waals surface area contributed by atoms with E-state index in [-0.39, 0.29) is 0 Å². The number of hydrogen-bond donors (Lipinski definition) is 1. The Morgan fingerprint density at radius 3 is 2.63 bits per heavy atom. The monoisotopic (exact) mass is 279 g/mol. The van der Waals surface area contributed by atoms with Crippen molar-refractivity contribution in [2.24, 2.45) is 0 Å². The van der Waals surface area contributed by atoms with E-state index in [4.69, 9.17) is 0 Å². The molecule has 1 heterocycles. The van der Waals surface area contributed by atoms with Crippen molar-refractivity contribution in [1.82, 2.24) is 9.97 Å². The van der Waals surface area contributed by atoms with Crippen molar-refractivity contribution in [2.45, 2.75) is 57.1 Å². The second kappa shape index (κ2) is 6.60. The molecule has 19 heavy (non-hydrogen) atoms. The van der Waals surface area contributed by atoms with Gasteiger partial charge in [0.05, 0.1) is 0 Å². The van der Waals surface area contributed by atoms with E-state index < -0.39 is 0 Å². The number of hydrogen-bond acceptors (Lipinski definition) is 4. The van der Waals surface area contributed by atoms with Gasteiger partial charge in [0.25, 0.3) is 0 Å². The summed E-state index contributed by atoms with van der Waals surface area (Å²) in [6.45, 7) is 5.54. The average molecular weight is 279 g/mol. The predicted molar refractivity (Wildman–Crippen MR) is 84.0 cm³/mol. The van der Waals surface area contributed by atoms with Crippen molar-refractivity contribution in [3.8, 4) is 0 Å². The molecule has 4 heteroatoms. The molecule has 0 bridgehead atoms. The van der Waals surface area contributed by atoms with Crippen molar-refractivity contribution in [3.63, 3.8) is 0 Å². The number of aryl methyl sites for hydroxylation is 1. The molecule has 0 saturated carbocycles. The Labute approximate surface area is 121 Å². The van der Waals surface area contributed by atoms with Crippen LogP contribution in [-0.2, 0) is 12.8 Å². The van der Waals surface area contributed by atoms with Gasteiger partial charge in [0.2, 0.25) is 0 Å². The van der Waals surface area contributed by atoms with Gasteiger partial charge in [0.1, 0.15) is 12.1 Å². The van der Waals surface area contributed by atoms with E-state index in [0.29, 0.717) is 4.75 Å². The van der Waals surface area contributed by atoms with Crippen molar-refractivity contribution < 1.29 is 0 Å². The molecule has 1 aromatic heterocycles. The fourth-order valence-electron chi connectivity index (χ4n) is 2.78. The first-order valence-corrected chi connectivity index (χ1v) is 8.59. The van der Waals surface area contributed by atoms with Gasteiger partial charge in [0.15, 0.2) is 0 Å². The van der Waals surface area contributed by atoms with Crippen LogP contribution in [0.2, 0.25) is 0 Å². The quantitative estimate of drug-likeness (QED) is 0.862. The topological polar surface area (TPSA) is 37.8 Å². The van der Waals surface area contributed by atoms with Crippen molar-refractivity contribution in [2.75, 3.05) is 18.1 Å². The highest BCUT2D eigenvalue weighted by molar-refractivity contribution is 8.00. The lowest BCUT2D eigenvalue weighted by Crippen LogP contribution is -2.32. The van der Waals surface area contributed by atoms with Crippen LogP contribution in [0.1, 0.15) is 50.8 Å². The van der Waals surface area contributed by atoms with Crippen LogP contribution in [0.3, 0.4) is 0 Å². The van der Waals surface area contributed by atoms with Crippen molar-refractivity contribution in [1.29, 1.82) is 0 Å². The number of nitrogens with zero attached hydrogens (tertiary/aromatic N) is 2. The highest BCUT2D eigenvalue weighted by Gasteiger charge is 2.25. The maximum atomic E-state index is 4.47. The van der Waals surface area contributed by atoms with E-state index >= 15 is 0 Å². The first-order chi connectivity index (χ1) is 9.24. The van der Waals surface area contributed by atoms with E-state index in [0.717, 1.165) is 25.2 Å². The van der Waals surface area contributed by atoms with Crippen LogP contribution in [-0.4, -0.2) is 27.5 Å². The molecule has 0 radical (unpaired) electrons. The van der Waals surface area contributed by atoms with Crippen LogP contribution in [0.5, 0.6) is 0 Å². The van der Waals surface area contributed by atoms with E-state index in [9.17, 15) is 0 Å². The zero-order valence-electron chi connectivity index (χ0n) is 12.3. The van der Waals surface area contributed by atoms with E-state index in [1.165, 1.54) is 36.9 Å². The summed E-state index contributed by atoms with van der Waals surface area (Å²) in [6.07, 6.45) is 11.1. The second-order valence-electron chi connectivity index (χ2n) is 5.30. The fourth-order valence-corrected chi connectivity index (χ4v) is 3.57. The minimum atomic E-state index is 0.326. The molecule has 0 fully saturated rings. The van der Waals surface area contributed by atoms with Gasteiger partial charge in [-0.2, -0.15) is 11.8 Å². The normalized spacial score (nSPS) is 15.1. The average Bonchev–Trinajstić information content (AvgIpc) is 2.49. The van der Waals surface area contributed by atoms with Gasteiger partial charge in [0, 0.05) is 22.5 Å². The summed E-state index contributed by atoms with van der Waals surface area (Å²) in [4.78, 5) is 8.90. The molecular formula is C15H25N3S. The summed E-state index contributed by atoms with van der Waals surface area (Å²) in [5.41, 5.74) is 2.61. The molecule has 1 N–H and O–H groups in total. The molecule has 0 aliphatic heterocycles. The SMILES string of the molecule is CCC(CC)(CNc1ncnc2c1CCCC2)SC. The molecule has 0 atom stereocenters. The Morgan fingerprint density at radius 1 is 1.21 bits per heavy atom. The summed E-state index contributed by atoms with van der Waals surface area (Å²) in [5.74, 6) is 1.07. The van der Waals surface area contributed by atoms with Crippen LogP contribution in [0, 0.1) is 0 Å². The molecule has 106 valence electrons. The summed E-state index contributed by atoms with van der Waals surface area (Å²) < 4.78 is 0.326. The maximum Gasteiger partial charge on any atom is 0.132 e. The lowest BCUT2D eigenvalue weighted by molar-refractivity contribution is 0.572. The smallest absolute Gasteiger partial charge is 0.132 e. The number of nitrogens with one attached hydrogen (secondary N) is 1. The minimum absolute atomic E-state index is 0.326. The van der Waals surface area contributed by atoms with Crippen LogP contribution < -0.4 is 5.32 Å². The number of rotatable bonds is 6. The molecule has 1 aliphatic carbocycles. The van der Waals surface area contributed by atoms with Gasteiger partial charge in [-0.1, -0.05) is 13.8 Å². The number of anilines is 1. The summed E-state index contributed by atoms with van der Waals surface area (Å²) in [5, 5.41) is 3.59. The predicted octanol–water partition coefficient (Wildman–Crippen LogP) is 3.69. The summed E-state index contributed by atoms with van der Waals surface area (Å²) in [7, 11) is 0. The van der Waals surface area contributed by atoms with E-state index in [1.54, 1.807) is 6.33 Å². The maximum absolute atomic E-state index is 4.47. The molecule has 2 rings (SSSR count). The Kier molecular flexibility index (Phi) is 5.08. The highest BCUT2D eigenvalue weighted by Crippen LogP contribution is 2.31. The number of fused-ring (bicyclic) bond motifs is 1. The molecule has 0 saturated heterocycles. The second-order valence-corrected chi connectivity index (χ2v) is 6.58. The Bertz CT molecular complexity index is 408. The van der Waals surface area contributed by atoms with Gasteiger partial charge in [-0.25, -0.2) is 9.97 Å². The van der Waals surface area contributed by atoms with Crippen LogP contribution in [0.25, 0.3) is 0 Å². The Hall–Kier alpha value is -0.770. The zero-order chi connectivity index (χ0) is 13.7. The molecule has 0 aromatic carbocycles. The Balaban J connectivity index is 2.11. The molecule has 0 unspecified atom stereocenters. The van der Waals surface area contributed by atoms with E-state index in [2.05, 4.69) is 35.4 Å². The number of aromatic nitrogens is 2. The number of thioether (sulfide) groups is 1. The lowest BCUT2D eigenvalue weighted by Gasteiger charge is -2.30. The van der Waals surface area contributed by atoms with Crippen molar-refractivity contribution in [3.05, 3.63) is 17.6 Å². The largest absolute Gasteiger partial charge is 0.368 e. The lowest BCUT2D eigenvalue weighted by atomic mass is 9.96. The Morgan fingerprint density at radius 2 is 1.95 bits per heavy atom. The van der Waals surface area contributed by atoms with Gasteiger partial charge < -0.3 is 5.32 Å². The van der Waals surface area contributed by atoms with Crippen LogP contribution in [0.15, 0.2) is 6.33 Å². The first kappa shape index (κ1) is 14.6. The molecule has 1 aliphatic rings. The first-order valence-electron chi connectivity index (χ1n) is 7.36. The third-order valence-corrected chi connectivity index (χ3v) is 6.01. The van der Waals surface area contributed by atoms with Gasteiger partial charge in [-0.3, -0.25) is 0 Å². The van der Waals surface area contributed by atoms with E-state index in [1.807, 2.05) is 11.8 Å². The van der Waals surface area contributed by atoms with Crippen LogP contribution >= 0.6 is 11.8 Å². The van der Waals surface area contributed by atoms with Crippen LogP contribution in [0.4, 0.5) is 5.82 Å². The highest BCUT2D eigenvalue weighted by atomic mass is 32.2. The summed E-state index contributed by atoms with van der Waals surface area (Å²) in [6, 6.07) is 0. The third kappa shape index (κ3) is 3.22. The fraction of sp³-hybridized carbons (Fsp3) is 0.733. The molecular weight excluding hydrogens is 254 g/mol. The molecule has 0 amide bonds. The van der Waals surface area contributed by atoms with Gasteiger partial charge >= 0.3 is 0 Å².